The Hall–Kier alpha value is -2.34. The number of nitrogens with one attached hydrogen (secondary N) is 1. The van der Waals surface area contributed by atoms with Gasteiger partial charge in [-0.25, -0.2) is 4.79 Å². The van der Waals surface area contributed by atoms with Crippen LogP contribution in [0.2, 0.25) is 5.02 Å². The van der Waals surface area contributed by atoms with E-state index in [4.69, 9.17) is 11.6 Å². The average molecular weight is 336 g/mol. The molecule has 2 N–H and O–H groups in total. The molecule has 0 saturated carbocycles. The first-order valence-electron chi connectivity index (χ1n) is 7.26. The minimum absolute atomic E-state index is 0.294. The van der Waals surface area contributed by atoms with E-state index in [1.807, 2.05) is 6.92 Å². The lowest BCUT2D eigenvalue weighted by molar-refractivity contribution is -0.139. The molecule has 0 bridgehead atoms. The maximum Gasteiger partial charge on any atom is 0.326 e. The lowest BCUT2D eigenvalue weighted by Gasteiger charge is -2.13. The zero-order valence-electron chi connectivity index (χ0n) is 12.9. The van der Waals surface area contributed by atoms with Gasteiger partial charge in [-0.05, 0) is 12.5 Å². The van der Waals surface area contributed by atoms with Crippen LogP contribution in [-0.4, -0.2) is 32.8 Å². The maximum absolute atomic E-state index is 12.5. The van der Waals surface area contributed by atoms with Crippen molar-refractivity contribution >= 4 is 23.5 Å². The highest BCUT2D eigenvalue weighted by molar-refractivity contribution is 6.33. The first-order chi connectivity index (χ1) is 10.9. The third-order valence-corrected chi connectivity index (χ3v) is 3.71. The Labute approximate surface area is 139 Å². The van der Waals surface area contributed by atoms with E-state index < -0.39 is 17.9 Å². The quantitative estimate of drug-likeness (QED) is 0.850. The van der Waals surface area contributed by atoms with Gasteiger partial charge in [0.25, 0.3) is 5.91 Å². The smallest absolute Gasteiger partial charge is 0.326 e. The molecule has 1 aromatic heterocycles. The molecule has 122 valence electrons. The van der Waals surface area contributed by atoms with E-state index in [2.05, 4.69) is 10.4 Å². The Bertz CT molecular complexity index is 727. The second-order valence-corrected chi connectivity index (χ2v) is 5.61. The van der Waals surface area contributed by atoms with Crippen LogP contribution >= 0.6 is 11.6 Å². The highest BCUT2D eigenvalue weighted by atomic mass is 35.5. The summed E-state index contributed by atoms with van der Waals surface area (Å²) in [5.41, 5.74) is 1.35. The molecule has 1 aromatic carbocycles. The summed E-state index contributed by atoms with van der Waals surface area (Å²) in [7, 11) is 1.69. The van der Waals surface area contributed by atoms with Gasteiger partial charge >= 0.3 is 5.97 Å². The Morgan fingerprint density at radius 3 is 2.70 bits per heavy atom. The molecule has 0 aliphatic carbocycles. The number of amides is 1. The van der Waals surface area contributed by atoms with Gasteiger partial charge in [0.2, 0.25) is 0 Å². The summed E-state index contributed by atoms with van der Waals surface area (Å²) >= 11 is 6.18. The third kappa shape index (κ3) is 3.90. The van der Waals surface area contributed by atoms with E-state index in [0.717, 1.165) is 0 Å². The van der Waals surface area contributed by atoms with Crippen molar-refractivity contribution in [1.82, 2.24) is 15.1 Å². The zero-order valence-corrected chi connectivity index (χ0v) is 13.7. The molecule has 0 saturated heterocycles. The predicted molar refractivity (Wildman–Crippen MR) is 87.5 cm³/mol. The summed E-state index contributed by atoms with van der Waals surface area (Å²) in [6.07, 6.45) is 2.57. The molecule has 1 amide bonds. The molecule has 0 radical (unpaired) electrons. The molecule has 7 heteroatoms. The number of aromatic nitrogens is 2. The van der Waals surface area contributed by atoms with Crippen molar-refractivity contribution in [1.29, 1.82) is 0 Å². The van der Waals surface area contributed by atoms with Gasteiger partial charge in [-0.15, -0.1) is 0 Å². The number of aryl methyl sites for hydroxylation is 1. The minimum Gasteiger partial charge on any atom is -0.480 e. The van der Waals surface area contributed by atoms with Gasteiger partial charge in [-0.3, -0.25) is 9.48 Å². The van der Waals surface area contributed by atoms with Crippen molar-refractivity contribution in [3.63, 3.8) is 0 Å². The number of carboxylic acids is 1. The number of nitrogens with zero attached hydrogens (tertiary/aromatic N) is 2. The van der Waals surface area contributed by atoms with Crippen LogP contribution < -0.4 is 5.32 Å². The van der Waals surface area contributed by atoms with E-state index >= 15 is 0 Å². The lowest BCUT2D eigenvalue weighted by atomic mass is 10.1. The fourth-order valence-electron chi connectivity index (χ4n) is 2.29. The van der Waals surface area contributed by atoms with Gasteiger partial charge in [0, 0.05) is 18.8 Å². The van der Waals surface area contributed by atoms with Crippen molar-refractivity contribution in [2.24, 2.45) is 7.05 Å². The van der Waals surface area contributed by atoms with E-state index in [9.17, 15) is 14.7 Å². The molecule has 23 heavy (non-hydrogen) atoms. The summed E-state index contributed by atoms with van der Waals surface area (Å²) in [5, 5.41) is 16.5. The number of halogens is 1. The molecule has 2 aromatic rings. The van der Waals surface area contributed by atoms with Gasteiger partial charge in [-0.1, -0.05) is 43.1 Å². The Balaban J connectivity index is 2.35. The largest absolute Gasteiger partial charge is 0.480 e. The molecule has 6 nitrogen and oxygen atoms in total. The van der Waals surface area contributed by atoms with Crippen LogP contribution in [0.15, 0.2) is 30.5 Å². The van der Waals surface area contributed by atoms with Gasteiger partial charge in [-0.2, -0.15) is 5.10 Å². The molecule has 1 heterocycles. The van der Waals surface area contributed by atoms with E-state index in [-0.39, 0.29) is 0 Å². The normalized spacial score (nSPS) is 12.0. The molecule has 2 rings (SSSR count). The second kappa shape index (κ2) is 7.28. The molecular formula is C16H18ClN3O3. The monoisotopic (exact) mass is 335 g/mol. The molecule has 1 atom stereocenters. The fraction of sp³-hybridized carbons (Fsp3) is 0.312. The summed E-state index contributed by atoms with van der Waals surface area (Å²) < 4.78 is 1.50. The molecular weight excluding hydrogens is 318 g/mol. The lowest BCUT2D eigenvalue weighted by Crippen LogP contribution is -2.40. The zero-order chi connectivity index (χ0) is 17.0. The summed E-state index contributed by atoms with van der Waals surface area (Å²) in [4.78, 5) is 23.7. The maximum atomic E-state index is 12.5. The van der Waals surface area contributed by atoms with Crippen LogP contribution in [0.3, 0.4) is 0 Å². The van der Waals surface area contributed by atoms with Gasteiger partial charge < -0.3 is 10.4 Å². The molecule has 0 aliphatic heterocycles. The van der Waals surface area contributed by atoms with E-state index in [1.54, 1.807) is 37.5 Å². The molecule has 0 aliphatic rings. The Morgan fingerprint density at radius 1 is 1.39 bits per heavy atom. The van der Waals surface area contributed by atoms with Crippen molar-refractivity contribution in [3.05, 3.63) is 41.0 Å². The van der Waals surface area contributed by atoms with Crippen LogP contribution in [0.5, 0.6) is 0 Å². The van der Waals surface area contributed by atoms with Gasteiger partial charge in [0.05, 0.1) is 10.6 Å². The van der Waals surface area contributed by atoms with Crippen molar-refractivity contribution in [2.75, 3.05) is 0 Å². The van der Waals surface area contributed by atoms with Crippen molar-refractivity contribution in [2.45, 2.75) is 25.8 Å². The molecule has 0 spiro atoms. The number of hydrogen-bond donors (Lipinski definition) is 2. The van der Waals surface area contributed by atoms with Gasteiger partial charge in [0.15, 0.2) is 0 Å². The molecule has 1 unspecified atom stereocenters. The number of carbonyl (C=O) groups excluding carboxylic acids is 1. The summed E-state index contributed by atoms with van der Waals surface area (Å²) in [6.45, 7) is 1.86. The van der Waals surface area contributed by atoms with Crippen molar-refractivity contribution < 1.29 is 14.7 Å². The summed E-state index contributed by atoms with van der Waals surface area (Å²) in [6, 6.07) is 6.14. The number of aliphatic carboxylic acids is 1. The van der Waals surface area contributed by atoms with E-state index in [0.29, 0.717) is 34.7 Å². The Morgan fingerprint density at radius 2 is 2.09 bits per heavy atom. The van der Waals surface area contributed by atoms with Crippen LogP contribution in [0.4, 0.5) is 0 Å². The van der Waals surface area contributed by atoms with Crippen LogP contribution in [0.1, 0.15) is 30.1 Å². The standard InChI is InChI=1S/C16H18ClN3O3/c1-3-6-13(16(22)23)18-15(21)11-9-20(2)19-14(11)10-7-4-5-8-12(10)17/h4-5,7-9,13H,3,6H2,1-2H3,(H,18,21)(H,22,23). The first kappa shape index (κ1) is 17.0. The van der Waals surface area contributed by atoms with Crippen LogP contribution in [0, 0.1) is 0 Å². The third-order valence-electron chi connectivity index (χ3n) is 3.38. The topological polar surface area (TPSA) is 84.2 Å². The van der Waals surface area contributed by atoms with Gasteiger partial charge in [0.1, 0.15) is 11.7 Å². The number of benzene rings is 1. The molecule has 0 fully saturated rings. The Kier molecular flexibility index (Phi) is 5.39. The predicted octanol–water partition coefficient (Wildman–Crippen LogP) is 2.72. The van der Waals surface area contributed by atoms with Crippen LogP contribution in [-0.2, 0) is 11.8 Å². The fourth-order valence-corrected chi connectivity index (χ4v) is 2.51. The average Bonchev–Trinajstić information content (AvgIpc) is 2.89. The highest BCUT2D eigenvalue weighted by Crippen LogP contribution is 2.29. The number of hydrogen-bond acceptors (Lipinski definition) is 3. The van der Waals surface area contributed by atoms with Crippen molar-refractivity contribution in [3.8, 4) is 11.3 Å². The highest BCUT2D eigenvalue weighted by Gasteiger charge is 2.24. The minimum atomic E-state index is -1.05. The van der Waals surface area contributed by atoms with Crippen LogP contribution in [0.25, 0.3) is 11.3 Å². The number of rotatable bonds is 6. The number of carboxylic acid groups (broad SMARTS) is 1. The number of carbonyl (C=O) groups is 2. The second-order valence-electron chi connectivity index (χ2n) is 5.20. The summed E-state index contributed by atoms with van der Waals surface area (Å²) in [5.74, 6) is -1.53. The first-order valence-corrected chi connectivity index (χ1v) is 7.64. The van der Waals surface area contributed by atoms with E-state index in [1.165, 1.54) is 4.68 Å². The SMILES string of the molecule is CCCC(NC(=O)c1cn(C)nc1-c1ccccc1Cl)C(=O)O.